The number of ketones is 1. The first kappa shape index (κ1) is 12.7. The number of anilines is 1. The molecule has 0 saturated heterocycles. The van der Waals surface area contributed by atoms with E-state index in [9.17, 15) is 9.00 Å². The van der Waals surface area contributed by atoms with Gasteiger partial charge in [0.15, 0.2) is 16.9 Å². The maximum Gasteiger partial charge on any atom is 0.160 e. The number of benzene rings is 1. The maximum atomic E-state index is 11.0. The zero-order valence-electron chi connectivity index (χ0n) is 8.59. The van der Waals surface area contributed by atoms with Gasteiger partial charge in [0.05, 0.1) is 6.61 Å². The lowest BCUT2D eigenvalue weighted by Gasteiger charge is -2.05. The van der Waals surface area contributed by atoms with Gasteiger partial charge in [0.25, 0.3) is 0 Å². The molecule has 1 unspecified atom stereocenters. The van der Waals surface area contributed by atoms with Gasteiger partial charge in [-0.2, -0.15) is 0 Å². The van der Waals surface area contributed by atoms with Crippen molar-refractivity contribution in [2.45, 2.75) is 6.42 Å². The first-order chi connectivity index (χ1) is 7.58. The quantitative estimate of drug-likeness (QED) is 0.570. The Kier molecular flexibility index (Phi) is 4.94. The van der Waals surface area contributed by atoms with Crippen LogP contribution in [0.3, 0.4) is 0 Å². The molecule has 0 aliphatic rings. The third kappa shape index (κ3) is 4.90. The van der Waals surface area contributed by atoms with Crippen LogP contribution in [0.5, 0.6) is 5.75 Å². The van der Waals surface area contributed by atoms with Crippen molar-refractivity contribution in [1.82, 2.24) is 0 Å². The van der Waals surface area contributed by atoms with Crippen molar-refractivity contribution in [3.63, 3.8) is 0 Å². The Morgan fingerprint density at radius 3 is 2.56 bits per heavy atom. The van der Waals surface area contributed by atoms with Gasteiger partial charge in [0.1, 0.15) is 11.5 Å². The van der Waals surface area contributed by atoms with Crippen molar-refractivity contribution >= 4 is 22.6 Å². The van der Waals surface area contributed by atoms with Gasteiger partial charge in [-0.3, -0.25) is 4.79 Å². The average molecular weight is 243 g/mol. The number of Topliss-reactive ketones (excluding diaryl/α,β-unsaturated/α-hetero) is 1. The third-order valence-corrected chi connectivity index (χ3v) is 2.38. The fourth-order valence-corrected chi connectivity index (χ4v) is 1.48. The smallest absolute Gasteiger partial charge is 0.160 e. The highest BCUT2D eigenvalue weighted by atomic mass is 32.2. The zero-order chi connectivity index (χ0) is 12.0. The maximum absolute atomic E-state index is 11.0. The molecular weight excluding hydrogens is 230 g/mol. The van der Waals surface area contributed by atoms with Crippen LogP contribution in [0.4, 0.5) is 5.69 Å². The Labute approximate surface area is 95.9 Å². The predicted octanol–water partition coefficient (Wildman–Crippen LogP) is 0.829. The van der Waals surface area contributed by atoms with E-state index < -0.39 is 11.1 Å². The van der Waals surface area contributed by atoms with Gasteiger partial charge in [-0.05, 0) is 24.3 Å². The van der Waals surface area contributed by atoms with Crippen LogP contribution in [0.25, 0.3) is 0 Å². The summed E-state index contributed by atoms with van der Waals surface area (Å²) in [6.45, 7) is 0.194. The van der Waals surface area contributed by atoms with E-state index >= 15 is 0 Å². The van der Waals surface area contributed by atoms with E-state index in [2.05, 4.69) is 0 Å². The molecule has 1 aromatic rings. The van der Waals surface area contributed by atoms with Gasteiger partial charge < -0.3 is 15.0 Å². The van der Waals surface area contributed by atoms with Gasteiger partial charge in [0, 0.05) is 12.1 Å². The molecule has 0 spiro atoms. The monoisotopic (exact) mass is 243 g/mol. The molecule has 3 N–H and O–H groups in total. The number of carbonyl (C=O) groups is 1. The SMILES string of the molecule is Nc1ccc(OCCC(=O)CS(=O)O)cc1. The lowest BCUT2D eigenvalue weighted by Crippen LogP contribution is -2.13. The highest BCUT2D eigenvalue weighted by molar-refractivity contribution is 7.80. The van der Waals surface area contributed by atoms with Crippen molar-refractivity contribution in [3.05, 3.63) is 24.3 Å². The van der Waals surface area contributed by atoms with E-state index in [1.807, 2.05) is 0 Å². The third-order valence-electron chi connectivity index (χ3n) is 1.81. The Hall–Kier alpha value is -1.40. The standard InChI is InChI=1S/C10H13NO4S/c11-8-1-3-10(4-2-8)15-6-5-9(12)7-16(13)14/h1-4H,5-7,11H2,(H,13,14). The molecule has 0 aromatic heterocycles. The topological polar surface area (TPSA) is 89.6 Å². The minimum atomic E-state index is -2.07. The molecule has 0 radical (unpaired) electrons. The molecule has 1 aromatic carbocycles. The second-order valence-corrected chi connectivity index (χ2v) is 4.10. The van der Waals surface area contributed by atoms with Crippen molar-refractivity contribution in [2.24, 2.45) is 0 Å². The Morgan fingerprint density at radius 2 is 2.00 bits per heavy atom. The Bertz CT molecular complexity index is 377. The first-order valence-corrected chi connectivity index (χ1v) is 5.93. The lowest BCUT2D eigenvalue weighted by molar-refractivity contribution is -0.117. The highest BCUT2D eigenvalue weighted by Gasteiger charge is 2.05. The number of carbonyl (C=O) groups excluding carboxylic acids is 1. The van der Waals surface area contributed by atoms with Crippen LogP contribution in [-0.4, -0.2) is 26.9 Å². The van der Waals surface area contributed by atoms with Gasteiger partial charge in [-0.1, -0.05) is 0 Å². The van der Waals surface area contributed by atoms with Gasteiger partial charge in [-0.25, -0.2) is 4.21 Å². The number of nitrogen functional groups attached to an aromatic ring is 1. The van der Waals surface area contributed by atoms with Crippen LogP contribution >= 0.6 is 0 Å². The summed E-state index contributed by atoms with van der Waals surface area (Å²) in [6.07, 6.45) is 0.122. The van der Waals surface area contributed by atoms with E-state index in [1.165, 1.54) is 0 Å². The van der Waals surface area contributed by atoms with Crippen LogP contribution in [0, 0.1) is 0 Å². The summed E-state index contributed by atoms with van der Waals surface area (Å²) >= 11 is -2.07. The molecule has 1 atom stereocenters. The number of rotatable bonds is 6. The molecule has 16 heavy (non-hydrogen) atoms. The van der Waals surface area contributed by atoms with E-state index in [4.69, 9.17) is 15.0 Å². The summed E-state index contributed by atoms with van der Waals surface area (Å²) in [5, 5.41) is 0. The number of hydrogen-bond donors (Lipinski definition) is 2. The molecule has 0 fully saturated rings. The van der Waals surface area contributed by atoms with Crippen molar-refractivity contribution < 1.29 is 18.3 Å². The largest absolute Gasteiger partial charge is 0.493 e. The Morgan fingerprint density at radius 1 is 1.38 bits per heavy atom. The first-order valence-electron chi connectivity index (χ1n) is 4.65. The summed E-state index contributed by atoms with van der Waals surface area (Å²) in [4.78, 5) is 11.0. The van der Waals surface area contributed by atoms with Crippen LogP contribution in [0.1, 0.15) is 6.42 Å². The lowest BCUT2D eigenvalue weighted by atomic mass is 10.3. The van der Waals surface area contributed by atoms with Crippen molar-refractivity contribution in [1.29, 1.82) is 0 Å². The Balaban J connectivity index is 2.28. The zero-order valence-corrected chi connectivity index (χ0v) is 9.40. The predicted molar refractivity (Wildman–Crippen MR) is 61.6 cm³/mol. The minimum Gasteiger partial charge on any atom is -0.493 e. The second kappa shape index (κ2) is 6.24. The highest BCUT2D eigenvalue weighted by Crippen LogP contribution is 2.13. The van der Waals surface area contributed by atoms with Crippen LogP contribution < -0.4 is 10.5 Å². The van der Waals surface area contributed by atoms with Gasteiger partial charge in [0.2, 0.25) is 0 Å². The van der Waals surface area contributed by atoms with E-state index in [0.717, 1.165) is 0 Å². The molecule has 0 saturated carbocycles. The number of hydrogen-bond acceptors (Lipinski definition) is 4. The van der Waals surface area contributed by atoms with Crippen LogP contribution in [0.15, 0.2) is 24.3 Å². The summed E-state index contributed by atoms with van der Waals surface area (Å²) in [7, 11) is 0. The summed E-state index contributed by atoms with van der Waals surface area (Å²) < 4.78 is 24.0. The van der Waals surface area contributed by atoms with Gasteiger partial charge in [-0.15, -0.1) is 0 Å². The summed E-state index contributed by atoms with van der Waals surface area (Å²) in [5.41, 5.74) is 6.13. The molecule has 88 valence electrons. The van der Waals surface area contributed by atoms with Crippen molar-refractivity contribution in [3.8, 4) is 5.75 Å². The van der Waals surface area contributed by atoms with Gasteiger partial charge >= 0.3 is 0 Å². The van der Waals surface area contributed by atoms with Crippen molar-refractivity contribution in [2.75, 3.05) is 18.1 Å². The normalized spacial score (nSPS) is 12.1. The fraction of sp³-hybridized carbons (Fsp3) is 0.300. The molecule has 0 aliphatic carbocycles. The molecular formula is C10H13NO4S. The van der Waals surface area contributed by atoms with E-state index in [-0.39, 0.29) is 24.6 Å². The molecule has 0 bridgehead atoms. The molecule has 0 aliphatic heterocycles. The molecule has 5 nitrogen and oxygen atoms in total. The summed E-state index contributed by atoms with van der Waals surface area (Å²) in [5.74, 6) is -0.0196. The molecule has 6 heteroatoms. The fourth-order valence-electron chi connectivity index (χ4n) is 1.06. The van der Waals surface area contributed by atoms with Crippen LogP contribution in [-0.2, 0) is 15.9 Å². The van der Waals surface area contributed by atoms with Crippen LogP contribution in [0.2, 0.25) is 0 Å². The second-order valence-electron chi connectivity index (χ2n) is 3.17. The summed E-state index contributed by atoms with van der Waals surface area (Å²) in [6, 6.07) is 6.79. The average Bonchev–Trinajstić information content (AvgIpc) is 2.20. The molecule has 0 amide bonds. The number of nitrogens with two attached hydrogens (primary N) is 1. The van der Waals surface area contributed by atoms with E-state index in [1.54, 1.807) is 24.3 Å². The number of ether oxygens (including phenoxy) is 1. The molecule has 0 heterocycles. The minimum absolute atomic E-state index is 0.122. The molecule has 1 rings (SSSR count). The van der Waals surface area contributed by atoms with E-state index in [0.29, 0.717) is 11.4 Å².